The van der Waals surface area contributed by atoms with Gasteiger partial charge in [-0.05, 0) is 43.2 Å². The Bertz CT molecular complexity index is 837. The van der Waals surface area contributed by atoms with Crippen LogP contribution in [0.5, 0.6) is 0 Å². The maximum atomic E-state index is 13.0. The van der Waals surface area contributed by atoms with E-state index in [9.17, 15) is 4.79 Å². The summed E-state index contributed by atoms with van der Waals surface area (Å²) in [6.45, 7) is 0.980. The van der Waals surface area contributed by atoms with Crippen molar-refractivity contribution in [1.29, 1.82) is 0 Å². The molecule has 3 heterocycles. The summed E-state index contributed by atoms with van der Waals surface area (Å²) in [5, 5.41) is 7.26. The minimum atomic E-state index is -0.759. The fraction of sp³-hybridized carbons (Fsp3) is 0.278. The van der Waals surface area contributed by atoms with Crippen LogP contribution in [0, 0.1) is 0 Å². The molecule has 3 aliphatic rings. The van der Waals surface area contributed by atoms with E-state index in [1.807, 2.05) is 36.4 Å². The molecular weight excluding hydrogens is 310 g/mol. The summed E-state index contributed by atoms with van der Waals surface area (Å²) in [6, 6.07) is 14.0. The number of para-hydroxylation sites is 2. The molecule has 2 aromatic rings. The number of halogens is 1. The predicted octanol–water partition coefficient (Wildman–Crippen LogP) is 3.58. The number of fused-ring (bicyclic) bond motifs is 6. The summed E-state index contributed by atoms with van der Waals surface area (Å²) in [4.78, 5) is 15.4. The number of nitrogens with zero attached hydrogens (tertiary/aromatic N) is 1. The number of carbonyl (C=O) groups is 1. The molecule has 1 saturated heterocycles. The third-order valence-electron chi connectivity index (χ3n) is 5.31. The zero-order chi connectivity index (χ0) is 15.6. The Morgan fingerprint density at radius 1 is 1.17 bits per heavy atom. The monoisotopic (exact) mass is 325 g/mol. The second-order valence-corrected chi connectivity index (χ2v) is 6.88. The fourth-order valence-electron chi connectivity index (χ4n) is 4.38. The van der Waals surface area contributed by atoms with Gasteiger partial charge in [-0.2, -0.15) is 0 Å². The molecule has 0 bridgehead atoms. The van der Waals surface area contributed by atoms with E-state index in [1.54, 1.807) is 0 Å². The predicted molar refractivity (Wildman–Crippen MR) is 92.2 cm³/mol. The van der Waals surface area contributed by atoms with Crippen molar-refractivity contribution in [3.8, 4) is 0 Å². The van der Waals surface area contributed by atoms with Crippen molar-refractivity contribution in [2.45, 2.75) is 24.4 Å². The van der Waals surface area contributed by atoms with Gasteiger partial charge in [-0.3, -0.25) is 4.79 Å². The molecule has 1 amide bonds. The normalized spacial score (nSPS) is 27.3. The molecule has 0 aromatic heterocycles. The topological polar surface area (TPSA) is 44.4 Å². The van der Waals surface area contributed by atoms with E-state index < -0.39 is 5.54 Å². The highest BCUT2D eigenvalue weighted by Crippen LogP contribution is 2.51. The average Bonchev–Trinajstić information content (AvgIpc) is 3.14. The Hall–Kier alpha value is -2.20. The number of amides is 1. The van der Waals surface area contributed by atoms with E-state index >= 15 is 0 Å². The van der Waals surface area contributed by atoms with Crippen LogP contribution in [0.3, 0.4) is 0 Å². The van der Waals surface area contributed by atoms with Gasteiger partial charge >= 0.3 is 0 Å². The quantitative estimate of drug-likeness (QED) is 0.778. The first-order valence-electron chi connectivity index (χ1n) is 7.95. The number of carbonyl (C=O) groups excluding carboxylic acids is 1. The summed E-state index contributed by atoms with van der Waals surface area (Å²) in [7, 11) is 0. The number of anilines is 3. The third kappa shape index (κ3) is 1.59. The largest absolute Gasteiger partial charge is 0.364 e. The van der Waals surface area contributed by atoms with Crippen LogP contribution >= 0.6 is 11.6 Å². The molecule has 5 rings (SSSR count). The van der Waals surface area contributed by atoms with Gasteiger partial charge in [-0.15, -0.1) is 0 Å². The van der Waals surface area contributed by atoms with Gasteiger partial charge in [0, 0.05) is 22.8 Å². The summed E-state index contributed by atoms with van der Waals surface area (Å²) in [5.74, 6) is 0.0150. The van der Waals surface area contributed by atoms with Crippen LogP contribution in [0.2, 0.25) is 5.02 Å². The number of rotatable bonds is 0. The highest BCUT2D eigenvalue weighted by atomic mass is 35.5. The van der Waals surface area contributed by atoms with E-state index in [1.165, 1.54) is 5.69 Å². The van der Waals surface area contributed by atoms with Gasteiger partial charge < -0.3 is 15.5 Å². The van der Waals surface area contributed by atoms with Crippen LogP contribution in [0.1, 0.15) is 18.4 Å². The minimum Gasteiger partial charge on any atom is -0.364 e. The first kappa shape index (κ1) is 13.3. The van der Waals surface area contributed by atoms with Crippen LogP contribution < -0.4 is 15.5 Å². The lowest BCUT2D eigenvalue weighted by atomic mass is 9.80. The highest BCUT2D eigenvalue weighted by Gasteiger charge is 2.58. The number of benzene rings is 2. The van der Waals surface area contributed by atoms with Gasteiger partial charge in [0.2, 0.25) is 0 Å². The van der Waals surface area contributed by atoms with Crippen molar-refractivity contribution >= 4 is 34.6 Å². The summed E-state index contributed by atoms with van der Waals surface area (Å²) >= 11 is 6.24. The molecule has 2 aromatic carbocycles. The first-order valence-corrected chi connectivity index (χ1v) is 8.33. The van der Waals surface area contributed by atoms with Gasteiger partial charge in [-0.25, -0.2) is 0 Å². The van der Waals surface area contributed by atoms with Crippen LogP contribution in [0.4, 0.5) is 17.1 Å². The average molecular weight is 326 g/mol. The smallest absolute Gasteiger partial charge is 0.256 e. The molecule has 2 atom stereocenters. The van der Waals surface area contributed by atoms with Gasteiger partial charge in [0.05, 0.1) is 17.4 Å². The van der Waals surface area contributed by atoms with Crippen molar-refractivity contribution in [3.05, 3.63) is 53.1 Å². The molecule has 4 nitrogen and oxygen atoms in total. The van der Waals surface area contributed by atoms with Crippen LogP contribution in [0.25, 0.3) is 0 Å². The van der Waals surface area contributed by atoms with Gasteiger partial charge in [-0.1, -0.05) is 23.7 Å². The fourth-order valence-corrected chi connectivity index (χ4v) is 4.55. The second-order valence-electron chi connectivity index (χ2n) is 6.45. The molecule has 3 aliphatic heterocycles. The number of nitrogens with one attached hydrogen (secondary N) is 2. The van der Waals surface area contributed by atoms with Crippen LogP contribution in [0.15, 0.2) is 42.5 Å². The molecule has 2 unspecified atom stereocenters. The Balaban J connectivity index is 1.77. The second kappa shape index (κ2) is 4.42. The molecule has 116 valence electrons. The summed E-state index contributed by atoms with van der Waals surface area (Å²) < 4.78 is 0. The molecule has 0 radical (unpaired) electrons. The van der Waals surface area contributed by atoms with Crippen molar-refractivity contribution in [3.63, 3.8) is 0 Å². The first-order chi connectivity index (χ1) is 11.2. The standard InChI is InChI=1S/C18H16ClN3O/c19-11-7-8-13-12(10-11)18(17(23)20-13)16-6-3-9-22(16)15-5-2-1-4-14(15)21-18/h1-2,4-5,7-8,10,16,21H,3,6,9H2,(H,20,23). The van der Waals surface area contributed by atoms with Crippen molar-refractivity contribution in [2.75, 3.05) is 22.1 Å². The zero-order valence-electron chi connectivity index (χ0n) is 12.5. The van der Waals surface area contributed by atoms with E-state index in [0.29, 0.717) is 5.02 Å². The summed E-state index contributed by atoms with van der Waals surface area (Å²) in [6.07, 6.45) is 2.08. The van der Waals surface area contributed by atoms with E-state index in [-0.39, 0.29) is 11.9 Å². The SMILES string of the molecule is O=C1Nc2ccc(Cl)cc2C12Nc1ccccc1N1CCCC12. The molecule has 1 fully saturated rings. The van der Waals surface area contributed by atoms with E-state index in [4.69, 9.17) is 11.6 Å². The Labute approximate surface area is 139 Å². The van der Waals surface area contributed by atoms with Crippen molar-refractivity contribution in [2.24, 2.45) is 0 Å². The lowest BCUT2D eigenvalue weighted by molar-refractivity contribution is -0.120. The molecule has 5 heteroatoms. The zero-order valence-corrected chi connectivity index (χ0v) is 13.2. The lowest BCUT2D eigenvalue weighted by Crippen LogP contribution is -2.59. The maximum absolute atomic E-state index is 13.0. The van der Waals surface area contributed by atoms with Gasteiger partial charge in [0.1, 0.15) is 0 Å². The summed E-state index contributed by atoms with van der Waals surface area (Å²) in [5.41, 5.74) is 3.25. The third-order valence-corrected chi connectivity index (χ3v) is 5.55. The van der Waals surface area contributed by atoms with E-state index in [2.05, 4.69) is 21.6 Å². The molecule has 0 aliphatic carbocycles. The van der Waals surface area contributed by atoms with Gasteiger partial charge in [0.15, 0.2) is 5.54 Å². The number of hydrogen-bond acceptors (Lipinski definition) is 3. The van der Waals surface area contributed by atoms with Crippen LogP contribution in [-0.4, -0.2) is 18.5 Å². The van der Waals surface area contributed by atoms with Crippen molar-refractivity contribution < 1.29 is 4.79 Å². The molecule has 23 heavy (non-hydrogen) atoms. The molecule has 2 N–H and O–H groups in total. The maximum Gasteiger partial charge on any atom is 0.256 e. The molecule has 1 spiro atoms. The van der Waals surface area contributed by atoms with Crippen LogP contribution in [-0.2, 0) is 10.3 Å². The number of hydrogen-bond donors (Lipinski definition) is 2. The molecular formula is C18H16ClN3O. The van der Waals surface area contributed by atoms with E-state index in [0.717, 1.165) is 36.3 Å². The minimum absolute atomic E-state index is 0.0150. The molecule has 0 saturated carbocycles. The van der Waals surface area contributed by atoms with Crippen molar-refractivity contribution in [1.82, 2.24) is 0 Å². The Kier molecular flexibility index (Phi) is 2.55. The Morgan fingerprint density at radius 3 is 2.96 bits per heavy atom. The Morgan fingerprint density at radius 2 is 2.04 bits per heavy atom. The van der Waals surface area contributed by atoms with Gasteiger partial charge in [0.25, 0.3) is 5.91 Å². The lowest BCUT2D eigenvalue weighted by Gasteiger charge is -2.46. The highest BCUT2D eigenvalue weighted by molar-refractivity contribution is 6.31.